The molecule has 0 atom stereocenters. The molecule has 3 rings (SSSR count). The second kappa shape index (κ2) is 9.85. The van der Waals surface area contributed by atoms with Gasteiger partial charge < -0.3 is 9.47 Å². The smallest absolute Gasteiger partial charge is 0.343 e. The molecule has 3 aromatic rings. The predicted molar refractivity (Wildman–Crippen MR) is 117 cm³/mol. The van der Waals surface area contributed by atoms with Gasteiger partial charge in [-0.3, -0.25) is 0 Å². The summed E-state index contributed by atoms with van der Waals surface area (Å²) in [7, 11) is -3.15. The summed E-state index contributed by atoms with van der Waals surface area (Å²) in [5.41, 5.74) is 0.236. The molecule has 0 aliphatic heterocycles. The van der Waals surface area contributed by atoms with E-state index in [2.05, 4.69) is 4.74 Å². The van der Waals surface area contributed by atoms with Crippen LogP contribution in [0.3, 0.4) is 0 Å². The quantitative estimate of drug-likeness (QED) is 0.402. The van der Waals surface area contributed by atoms with E-state index in [0.717, 1.165) is 19.2 Å². The second-order valence-corrected chi connectivity index (χ2v) is 9.43. The van der Waals surface area contributed by atoms with Crippen LogP contribution in [-0.2, 0) is 25.1 Å². The molecule has 0 heterocycles. The van der Waals surface area contributed by atoms with E-state index in [1.807, 2.05) is 0 Å². The Hall–Kier alpha value is -2.68. The average Bonchev–Trinajstić information content (AvgIpc) is 2.74. The number of halogens is 4. The number of carbonyl (C=O) groups is 1. The molecule has 0 unspecified atom stereocenters. The lowest BCUT2D eigenvalue weighted by Crippen LogP contribution is -2.15. The molecule has 10 heteroatoms. The predicted octanol–water partition coefficient (Wildman–Crippen LogP) is 5.46. The third kappa shape index (κ3) is 5.38. The van der Waals surface area contributed by atoms with Crippen molar-refractivity contribution in [2.24, 2.45) is 0 Å². The maximum Gasteiger partial charge on any atom is 0.343 e. The molecule has 0 aliphatic carbocycles. The van der Waals surface area contributed by atoms with Gasteiger partial charge in [0.1, 0.15) is 16.5 Å². The molecule has 0 bridgehead atoms. The molecule has 0 aliphatic rings. The molecule has 0 saturated heterocycles. The van der Waals surface area contributed by atoms with E-state index in [-0.39, 0.29) is 26.9 Å². The van der Waals surface area contributed by atoms with Crippen LogP contribution in [0.4, 0.5) is 8.78 Å². The second-order valence-electron chi connectivity index (χ2n) is 6.63. The summed E-state index contributed by atoms with van der Waals surface area (Å²) in [5, 5.41) is -0.173. The number of hydrogen-bond donors (Lipinski definition) is 0. The Morgan fingerprint density at radius 2 is 1.69 bits per heavy atom. The van der Waals surface area contributed by atoms with E-state index in [1.165, 1.54) is 6.07 Å². The molecule has 0 spiro atoms. The zero-order valence-electron chi connectivity index (χ0n) is 16.6. The van der Waals surface area contributed by atoms with Crippen LogP contribution in [0.5, 0.6) is 5.75 Å². The largest absolute Gasteiger partial charge is 0.479 e. The van der Waals surface area contributed by atoms with Crippen LogP contribution < -0.4 is 4.74 Å². The molecular weight excluding hydrogens is 485 g/mol. The summed E-state index contributed by atoms with van der Waals surface area (Å²) in [4.78, 5) is 11.0. The van der Waals surface area contributed by atoms with E-state index < -0.39 is 44.7 Å². The summed E-state index contributed by atoms with van der Waals surface area (Å²) in [6.07, 6.45) is 0. The Bertz CT molecular complexity index is 1270. The van der Waals surface area contributed by atoms with Crippen LogP contribution in [0.25, 0.3) is 11.1 Å². The van der Waals surface area contributed by atoms with Crippen molar-refractivity contribution in [2.45, 2.75) is 10.6 Å². The van der Waals surface area contributed by atoms with Gasteiger partial charge in [-0.15, -0.1) is 0 Å². The molecule has 0 fully saturated rings. The zero-order chi connectivity index (χ0) is 23.5. The molecule has 168 valence electrons. The van der Waals surface area contributed by atoms with Gasteiger partial charge in [-0.1, -0.05) is 53.5 Å². The fourth-order valence-corrected chi connectivity index (χ4v) is 5.14. The number of esters is 1. The van der Waals surface area contributed by atoms with Crippen molar-refractivity contribution in [3.8, 4) is 16.9 Å². The van der Waals surface area contributed by atoms with Crippen molar-refractivity contribution in [3.63, 3.8) is 0 Å². The van der Waals surface area contributed by atoms with Crippen LogP contribution >= 0.6 is 23.2 Å². The molecule has 0 N–H and O–H groups in total. The monoisotopic (exact) mass is 500 g/mol. The first-order chi connectivity index (χ1) is 15.1. The van der Waals surface area contributed by atoms with E-state index in [9.17, 15) is 22.0 Å². The van der Waals surface area contributed by atoms with Gasteiger partial charge in [-0.25, -0.2) is 22.0 Å². The van der Waals surface area contributed by atoms with Gasteiger partial charge >= 0.3 is 5.97 Å². The van der Waals surface area contributed by atoms with Crippen LogP contribution in [0, 0.1) is 11.6 Å². The Kier molecular flexibility index (Phi) is 7.38. The summed E-state index contributed by atoms with van der Waals surface area (Å²) < 4.78 is 64.9. The first-order valence-corrected chi connectivity index (χ1v) is 11.5. The number of benzene rings is 3. The standard InChI is InChI=1S/C22H16Cl2F2O5S/c1-30-21(27)11-31-22-17(24)8-15(23)9-20(22)32(28,29)12-14-7-16(19(26)10-18(14)25)13-5-3-2-4-6-13/h2-10H,11-12H2,1H3. The Morgan fingerprint density at radius 3 is 2.34 bits per heavy atom. The third-order valence-corrected chi connectivity index (χ3v) is 6.60. The minimum absolute atomic E-state index is 0.0106. The van der Waals surface area contributed by atoms with Gasteiger partial charge in [0.25, 0.3) is 0 Å². The highest BCUT2D eigenvalue weighted by Crippen LogP contribution is 2.37. The van der Waals surface area contributed by atoms with E-state index >= 15 is 0 Å². The molecular formula is C22H16Cl2F2O5S. The molecule has 3 aromatic carbocycles. The molecule has 0 aromatic heterocycles. The van der Waals surface area contributed by atoms with Gasteiger partial charge in [0.05, 0.1) is 17.9 Å². The van der Waals surface area contributed by atoms with Crippen molar-refractivity contribution in [2.75, 3.05) is 13.7 Å². The van der Waals surface area contributed by atoms with Gasteiger partial charge in [0.15, 0.2) is 22.2 Å². The lowest BCUT2D eigenvalue weighted by Gasteiger charge is -2.15. The highest BCUT2D eigenvalue weighted by Gasteiger charge is 2.26. The SMILES string of the molecule is COC(=O)COc1c(Cl)cc(Cl)cc1S(=O)(=O)Cc1cc(-c2ccccc2)c(F)cc1F. The maximum atomic E-state index is 14.5. The van der Waals surface area contributed by atoms with Crippen molar-refractivity contribution in [3.05, 3.63) is 81.8 Å². The first-order valence-electron chi connectivity index (χ1n) is 9.07. The number of sulfone groups is 1. The molecule has 0 saturated carbocycles. The third-order valence-electron chi connectivity index (χ3n) is 4.44. The minimum Gasteiger partial charge on any atom is -0.479 e. The van der Waals surface area contributed by atoms with Gasteiger partial charge in [0, 0.05) is 22.2 Å². The zero-order valence-corrected chi connectivity index (χ0v) is 18.9. The fourth-order valence-electron chi connectivity index (χ4n) is 2.92. The molecule has 0 radical (unpaired) electrons. The maximum absolute atomic E-state index is 14.5. The van der Waals surface area contributed by atoms with Crippen LogP contribution in [0.2, 0.25) is 10.0 Å². The highest BCUT2D eigenvalue weighted by molar-refractivity contribution is 7.90. The summed E-state index contributed by atoms with van der Waals surface area (Å²) in [5.74, 6) is -3.79. The first kappa shape index (κ1) is 24.0. The van der Waals surface area contributed by atoms with E-state index in [0.29, 0.717) is 11.6 Å². The number of carbonyl (C=O) groups excluding carboxylic acids is 1. The fraction of sp³-hybridized carbons (Fsp3) is 0.136. The lowest BCUT2D eigenvalue weighted by atomic mass is 10.0. The van der Waals surface area contributed by atoms with Crippen LogP contribution in [-0.4, -0.2) is 28.1 Å². The van der Waals surface area contributed by atoms with Crippen LogP contribution in [0.15, 0.2) is 59.5 Å². The van der Waals surface area contributed by atoms with Gasteiger partial charge in [-0.05, 0) is 23.8 Å². The Balaban J connectivity index is 2.04. The minimum atomic E-state index is -4.29. The molecule has 32 heavy (non-hydrogen) atoms. The summed E-state index contributed by atoms with van der Waals surface area (Å²) in [6.45, 7) is -0.608. The van der Waals surface area contributed by atoms with Crippen molar-refractivity contribution in [1.82, 2.24) is 0 Å². The van der Waals surface area contributed by atoms with Crippen molar-refractivity contribution in [1.29, 1.82) is 0 Å². The van der Waals surface area contributed by atoms with Crippen molar-refractivity contribution >= 4 is 39.0 Å². The van der Waals surface area contributed by atoms with Gasteiger partial charge in [0.2, 0.25) is 0 Å². The van der Waals surface area contributed by atoms with E-state index in [4.69, 9.17) is 27.9 Å². The summed E-state index contributed by atoms with van der Waals surface area (Å²) >= 11 is 12.0. The number of methoxy groups -OCH3 is 1. The number of hydrogen-bond acceptors (Lipinski definition) is 5. The summed E-state index contributed by atoms with van der Waals surface area (Å²) in [6, 6.07) is 12.4. The van der Waals surface area contributed by atoms with Crippen LogP contribution in [0.1, 0.15) is 5.56 Å². The Labute approximate surface area is 193 Å². The van der Waals surface area contributed by atoms with Gasteiger partial charge in [-0.2, -0.15) is 0 Å². The Morgan fingerprint density at radius 1 is 1.00 bits per heavy atom. The highest BCUT2D eigenvalue weighted by atomic mass is 35.5. The molecule has 0 amide bonds. The normalized spacial score (nSPS) is 11.3. The number of rotatable bonds is 7. The average molecular weight is 501 g/mol. The topological polar surface area (TPSA) is 69.7 Å². The van der Waals surface area contributed by atoms with Crippen molar-refractivity contribution < 1.29 is 31.5 Å². The lowest BCUT2D eigenvalue weighted by molar-refractivity contribution is -0.142. The van der Waals surface area contributed by atoms with E-state index in [1.54, 1.807) is 30.3 Å². The molecule has 5 nitrogen and oxygen atoms in total. The number of ether oxygens (including phenoxy) is 2.